The first-order valence-corrected chi connectivity index (χ1v) is 6.47. The molecule has 3 nitrogen and oxygen atoms in total. The highest BCUT2D eigenvalue weighted by molar-refractivity contribution is 5.88. The molecule has 104 valence electrons. The van der Waals surface area contributed by atoms with Crippen molar-refractivity contribution < 1.29 is 14.3 Å². The molecule has 0 spiro atoms. The number of carboxylic acids is 1. The minimum Gasteiger partial charge on any atom is -0.478 e. The van der Waals surface area contributed by atoms with Crippen molar-refractivity contribution in [1.29, 1.82) is 0 Å². The Bertz CT molecular complexity index is 584. The molecule has 2 N–H and O–H groups in total. The van der Waals surface area contributed by atoms with Crippen LogP contribution >= 0.6 is 0 Å². The van der Waals surface area contributed by atoms with Gasteiger partial charge in [-0.3, -0.25) is 0 Å². The summed E-state index contributed by atoms with van der Waals surface area (Å²) in [7, 11) is 0. The zero-order valence-electron chi connectivity index (χ0n) is 11.0. The predicted octanol–water partition coefficient (Wildman–Crippen LogP) is 3.57. The lowest BCUT2D eigenvalue weighted by Gasteiger charge is -2.07. The van der Waals surface area contributed by atoms with Crippen LogP contribution in [0.3, 0.4) is 0 Å². The summed E-state index contributed by atoms with van der Waals surface area (Å²) in [5, 5.41) is 11.8. The Morgan fingerprint density at radius 1 is 1.15 bits per heavy atom. The molecule has 0 aliphatic carbocycles. The lowest BCUT2D eigenvalue weighted by Crippen LogP contribution is -2.05. The van der Waals surface area contributed by atoms with Crippen LogP contribution in [0.1, 0.15) is 22.3 Å². The van der Waals surface area contributed by atoms with Crippen molar-refractivity contribution in [3.8, 4) is 0 Å². The second kappa shape index (κ2) is 6.70. The van der Waals surface area contributed by atoms with E-state index in [2.05, 4.69) is 17.4 Å². The van der Waals surface area contributed by atoms with Crippen LogP contribution in [-0.2, 0) is 6.42 Å². The van der Waals surface area contributed by atoms with E-state index in [0.29, 0.717) is 12.2 Å². The number of aryl methyl sites for hydroxylation is 1. The van der Waals surface area contributed by atoms with E-state index in [0.717, 1.165) is 12.8 Å². The highest BCUT2D eigenvalue weighted by Crippen LogP contribution is 2.14. The Labute approximate surface area is 117 Å². The topological polar surface area (TPSA) is 49.3 Å². The van der Waals surface area contributed by atoms with Crippen LogP contribution in [0.5, 0.6) is 0 Å². The van der Waals surface area contributed by atoms with Crippen molar-refractivity contribution in [2.24, 2.45) is 0 Å². The molecule has 0 amide bonds. The van der Waals surface area contributed by atoms with E-state index >= 15 is 0 Å². The molecule has 4 heteroatoms. The fourth-order valence-electron chi connectivity index (χ4n) is 1.97. The third-order valence-corrected chi connectivity index (χ3v) is 3.01. The van der Waals surface area contributed by atoms with E-state index in [1.807, 2.05) is 18.2 Å². The number of rotatable bonds is 6. The Kier molecular flexibility index (Phi) is 4.71. The van der Waals surface area contributed by atoms with Gasteiger partial charge in [0.2, 0.25) is 0 Å². The fraction of sp³-hybridized carbons (Fsp3) is 0.188. The van der Waals surface area contributed by atoms with Crippen molar-refractivity contribution in [3.63, 3.8) is 0 Å². The molecule has 0 atom stereocenters. The van der Waals surface area contributed by atoms with Crippen LogP contribution in [-0.4, -0.2) is 17.6 Å². The third kappa shape index (κ3) is 3.82. The average Bonchev–Trinajstić information content (AvgIpc) is 2.44. The molecule has 0 fully saturated rings. The fourth-order valence-corrected chi connectivity index (χ4v) is 1.97. The zero-order chi connectivity index (χ0) is 14.4. The maximum absolute atomic E-state index is 13.5. The SMILES string of the molecule is O=C(O)c1ccc(NCCCc2ccccc2)cc1F. The smallest absolute Gasteiger partial charge is 0.338 e. The number of carbonyl (C=O) groups is 1. The number of aromatic carboxylic acids is 1. The van der Waals surface area contributed by atoms with Gasteiger partial charge < -0.3 is 10.4 Å². The van der Waals surface area contributed by atoms with Crippen LogP contribution in [0.4, 0.5) is 10.1 Å². The molecule has 2 aromatic rings. The molecule has 0 unspecified atom stereocenters. The van der Waals surface area contributed by atoms with Gasteiger partial charge in [-0.05, 0) is 36.6 Å². The molecule has 2 aromatic carbocycles. The van der Waals surface area contributed by atoms with Crippen LogP contribution in [0.25, 0.3) is 0 Å². The number of benzene rings is 2. The van der Waals surface area contributed by atoms with E-state index in [1.165, 1.54) is 17.7 Å². The van der Waals surface area contributed by atoms with Crippen LogP contribution in [0.2, 0.25) is 0 Å². The quantitative estimate of drug-likeness (QED) is 0.791. The van der Waals surface area contributed by atoms with E-state index in [9.17, 15) is 9.18 Å². The second-order valence-electron chi connectivity index (χ2n) is 4.52. The number of hydrogen-bond donors (Lipinski definition) is 2. The molecular weight excluding hydrogens is 257 g/mol. The van der Waals surface area contributed by atoms with E-state index in [1.54, 1.807) is 6.07 Å². The lowest BCUT2D eigenvalue weighted by atomic mass is 10.1. The van der Waals surface area contributed by atoms with E-state index in [-0.39, 0.29) is 5.56 Å². The summed E-state index contributed by atoms with van der Waals surface area (Å²) >= 11 is 0. The molecule has 0 heterocycles. The normalized spacial score (nSPS) is 10.2. The van der Waals surface area contributed by atoms with Crippen LogP contribution < -0.4 is 5.32 Å². The number of hydrogen-bond acceptors (Lipinski definition) is 2. The summed E-state index contributed by atoms with van der Waals surface area (Å²) < 4.78 is 13.5. The summed E-state index contributed by atoms with van der Waals surface area (Å²) in [5.41, 5.74) is 1.56. The number of nitrogens with one attached hydrogen (secondary N) is 1. The number of anilines is 1. The largest absolute Gasteiger partial charge is 0.478 e. The maximum atomic E-state index is 13.5. The van der Waals surface area contributed by atoms with Gasteiger partial charge in [0.05, 0.1) is 5.56 Å². The van der Waals surface area contributed by atoms with E-state index in [4.69, 9.17) is 5.11 Å². The first kappa shape index (κ1) is 14.1. The summed E-state index contributed by atoms with van der Waals surface area (Å²) in [6, 6.07) is 14.2. The van der Waals surface area contributed by atoms with Gasteiger partial charge in [-0.1, -0.05) is 30.3 Å². The van der Waals surface area contributed by atoms with Crippen molar-refractivity contribution >= 4 is 11.7 Å². The minimum absolute atomic E-state index is 0.306. The van der Waals surface area contributed by atoms with Crippen LogP contribution in [0.15, 0.2) is 48.5 Å². The Hall–Kier alpha value is -2.36. The first-order chi connectivity index (χ1) is 9.66. The molecule has 2 rings (SSSR count). The molecule has 0 bridgehead atoms. The Balaban J connectivity index is 1.83. The summed E-state index contributed by atoms with van der Waals surface area (Å²) in [6.45, 7) is 0.709. The number of halogens is 1. The van der Waals surface area contributed by atoms with Gasteiger partial charge in [-0.15, -0.1) is 0 Å². The summed E-state index contributed by atoms with van der Waals surface area (Å²) in [4.78, 5) is 10.7. The standard InChI is InChI=1S/C16H16FNO2/c17-15-11-13(8-9-14(15)16(19)20)18-10-4-7-12-5-2-1-3-6-12/h1-3,5-6,8-9,11,18H,4,7,10H2,(H,19,20). The molecule has 0 saturated heterocycles. The zero-order valence-corrected chi connectivity index (χ0v) is 11.0. The van der Waals surface area contributed by atoms with E-state index < -0.39 is 11.8 Å². The summed E-state index contributed by atoms with van der Waals surface area (Å²) in [6.07, 6.45) is 1.87. The Morgan fingerprint density at radius 2 is 1.90 bits per heavy atom. The Morgan fingerprint density at radius 3 is 2.55 bits per heavy atom. The third-order valence-electron chi connectivity index (χ3n) is 3.01. The molecule has 0 aliphatic rings. The highest BCUT2D eigenvalue weighted by Gasteiger charge is 2.09. The van der Waals surface area contributed by atoms with Gasteiger partial charge in [-0.2, -0.15) is 0 Å². The van der Waals surface area contributed by atoms with Crippen molar-refractivity contribution in [2.75, 3.05) is 11.9 Å². The maximum Gasteiger partial charge on any atom is 0.338 e. The lowest BCUT2D eigenvalue weighted by molar-refractivity contribution is 0.0692. The monoisotopic (exact) mass is 273 g/mol. The molecule has 0 aliphatic heterocycles. The average molecular weight is 273 g/mol. The van der Waals surface area contributed by atoms with Crippen molar-refractivity contribution in [2.45, 2.75) is 12.8 Å². The van der Waals surface area contributed by atoms with Gasteiger partial charge >= 0.3 is 5.97 Å². The van der Waals surface area contributed by atoms with Crippen molar-refractivity contribution in [1.82, 2.24) is 0 Å². The number of carboxylic acid groups (broad SMARTS) is 1. The van der Waals surface area contributed by atoms with Gasteiger partial charge in [0, 0.05) is 12.2 Å². The predicted molar refractivity (Wildman–Crippen MR) is 76.6 cm³/mol. The van der Waals surface area contributed by atoms with Crippen LogP contribution in [0, 0.1) is 5.82 Å². The molecule has 0 aromatic heterocycles. The van der Waals surface area contributed by atoms with Gasteiger partial charge in [0.15, 0.2) is 0 Å². The first-order valence-electron chi connectivity index (χ1n) is 6.47. The van der Waals surface area contributed by atoms with Gasteiger partial charge in [0.25, 0.3) is 0 Å². The second-order valence-corrected chi connectivity index (χ2v) is 4.52. The molecule has 0 saturated carbocycles. The molecular formula is C16H16FNO2. The highest BCUT2D eigenvalue weighted by atomic mass is 19.1. The molecule has 0 radical (unpaired) electrons. The minimum atomic E-state index is -1.25. The molecule has 20 heavy (non-hydrogen) atoms. The van der Waals surface area contributed by atoms with Gasteiger partial charge in [0.1, 0.15) is 5.82 Å². The van der Waals surface area contributed by atoms with Gasteiger partial charge in [-0.25, -0.2) is 9.18 Å². The summed E-state index contributed by atoms with van der Waals surface area (Å²) in [5.74, 6) is -1.97. The van der Waals surface area contributed by atoms with Crippen molar-refractivity contribution in [3.05, 3.63) is 65.5 Å².